The van der Waals surface area contributed by atoms with Crippen LogP contribution in [0.25, 0.3) is 0 Å². The van der Waals surface area contributed by atoms with Gasteiger partial charge in [0.25, 0.3) is 5.91 Å². The van der Waals surface area contributed by atoms with Gasteiger partial charge in [-0.25, -0.2) is 8.42 Å². The Balaban J connectivity index is 1.78. The van der Waals surface area contributed by atoms with E-state index in [1.54, 1.807) is 18.2 Å². The average molecular weight is 366 g/mol. The molecule has 0 aromatic heterocycles. The summed E-state index contributed by atoms with van der Waals surface area (Å²) in [6, 6.07) is 5.31. The van der Waals surface area contributed by atoms with Crippen molar-refractivity contribution in [1.29, 1.82) is 0 Å². The Morgan fingerprint density at radius 1 is 1.40 bits per heavy atom. The molecule has 0 radical (unpaired) electrons. The zero-order valence-corrected chi connectivity index (χ0v) is 15.7. The lowest BCUT2D eigenvalue weighted by atomic mass is 10.1. The molecular formula is C18H26N2O4S. The summed E-state index contributed by atoms with van der Waals surface area (Å²) >= 11 is 0. The van der Waals surface area contributed by atoms with Gasteiger partial charge in [-0.15, -0.1) is 0 Å². The number of hydrogen-bond acceptors (Lipinski definition) is 4. The molecule has 2 saturated heterocycles. The molecule has 1 aromatic carbocycles. The van der Waals surface area contributed by atoms with E-state index in [1.807, 2.05) is 18.7 Å². The number of amides is 1. The molecule has 2 heterocycles. The van der Waals surface area contributed by atoms with Crippen molar-refractivity contribution in [2.45, 2.75) is 26.7 Å². The van der Waals surface area contributed by atoms with E-state index in [0.29, 0.717) is 49.8 Å². The van der Waals surface area contributed by atoms with E-state index in [1.165, 1.54) is 4.31 Å². The van der Waals surface area contributed by atoms with E-state index in [0.717, 1.165) is 18.6 Å². The molecule has 0 aliphatic carbocycles. The molecule has 2 aliphatic rings. The van der Waals surface area contributed by atoms with Crippen LogP contribution in [-0.4, -0.2) is 57.8 Å². The van der Waals surface area contributed by atoms with Crippen molar-refractivity contribution in [2.75, 3.05) is 42.9 Å². The summed E-state index contributed by atoms with van der Waals surface area (Å²) in [7, 11) is -3.21. The molecule has 0 bridgehead atoms. The summed E-state index contributed by atoms with van der Waals surface area (Å²) in [6.45, 7) is 7.20. The van der Waals surface area contributed by atoms with Crippen molar-refractivity contribution in [3.8, 4) is 0 Å². The van der Waals surface area contributed by atoms with Crippen LogP contribution in [0.15, 0.2) is 18.2 Å². The largest absolute Gasteiger partial charge is 0.381 e. The third-order valence-corrected chi connectivity index (χ3v) is 6.84. The van der Waals surface area contributed by atoms with Crippen molar-refractivity contribution < 1.29 is 17.9 Å². The van der Waals surface area contributed by atoms with E-state index in [9.17, 15) is 13.2 Å². The second kappa shape index (κ2) is 7.33. The minimum Gasteiger partial charge on any atom is -0.381 e. The number of nitrogens with zero attached hydrogens (tertiary/aromatic N) is 2. The van der Waals surface area contributed by atoms with Crippen molar-refractivity contribution in [1.82, 2.24) is 4.90 Å². The Hall–Kier alpha value is -1.60. The molecule has 25 heavy (non-hydrogen) atoms. The maximum Gasteiger partial charge on any atom is 0.253 e. The number of sulfonamides is 1. The number of rotatable bonds is 5. The van der Waals surface area contributed by atoms with Crippen LogP contribution in [0, 0.1) is 12.8 Å². The molecule has 1 unspecified atom stereocenters. The van der Waals surface area contributed by atoms with Crippen molar-refractivity contribution in [3.63, 3.8) is 0 Å². The first-order valence-electron chi connectivity index (χ1n) is 8.90. The summed E-state index contributed by atoms with van der Waals surface area (Å²) in [5.41, 5.74) is 2.11. The average Bonchev–Trinajstić information content (AvgIpc) is 3.21. The van der Waals surface area contributed by atoms with Gasteiger partial charge in [0.05, 0.1) is 18.0 Å². The Morgan fingerprint density at radius 2 is 2.20 bits per heavy atom. The number of ether oxygens (including phenoxy) is 1. The number of anilines is 1. The van der Waals surface area contributed by atoms with Gasteiger partial charge < -0.3 is 9.64 Å². The first-order chi connectivity index (χ1) is 11.9. The zero-order valence-electron chi connectivity index (χ0n) is 14.9. The first kappa shape index (κ1) is 18.2. The van der Waals surface area contributed by atoms with Gasteiger partial charge in [-0.1, -0.05) is 0 Å². The molecule has 138 valence electrons. The summed E-state index contributed by atoms with van der Waals surface area (Å²) in [5.74, 6) is 0.590. The third-order valence-electron chi connectivity index (χ3n) is 4.98. The van der Waals surface area contributed by atoms with E-state index in [2.05, 4.69) is 0 Å². The van der Waals surface area contributed by atoms with Crippen LogP contribution in [-0.2, 0) is 14.8 Å². The zero-order chi connectivity index (χ0) is 18.0. The molecule has 1 amide bonds. The van der Waals surface area contributed by atoms with Gasteiger partial charge in [0, 0.05) is 37.7 Å². The fourth-order valence-electron chi connectivity index (χ4n) is 3.56. The number of hydrogen-bond donors (Lipinski definition) is 0. The molecule has 0 N–H and O–H groups in total. The summed E-state index contributed by atoms with van der Waals surface area (Å²) in [4.78, 5) is 14.7. The predicted octanol–water partition coefficient (Wildman–Crippen LogP) is 2.03. The Morgan fingerprint density at radius 3 is 2.76 bits per heavy atom. The fourth-order valence-corrected chi connectivity index (χ4v) is 5.18. The number of aryl methyl sites for hydroxylation is 1. The smallest absolute Gasteiger partial charge is 0.253 e. The number of carbonyl (C=O) groups is 1. The van der Waals surface area contributed by atoms with Crippen LogP contribution < -0.4 is 4.31 Å². The van der Waals surface area contributed by atoms with Gasteiger partial charge >= 0.3 is 0 Å². The monoisotopic (exact) mass is 366 g/mol. The number of benzene rings is 1. The van der Waals surface area contributed by atoms with Crippen LogP contribution in [0.3, 0.4) is 0 Å². The molecule has 1 atom stereocenters. The molecule has 1 aromatic rings. The quantitative estimate of drug-likeness (QED) is 0.800. The van der Waals surface area contributed by atoms with E-state index in [-0.39, 0.29) is 11.7 Å². The Bertz CT molecular complexity index is 741. The van der Waals surface area contributed by atoms with Gasteiger partial charge in [0.1, 0.15) is 0 Å². The molecule has 6 nitrogen and oxygen atoms in total. The van der Waals surface area contributed by atoms with E-state index < -0.39 is 10.0 Å². The van der Waals surface area contributed by atoms with E-state index >= 15 is 0 Å². The van der Waals surface area contributed by atoms with Crippen LogP contribution in [0.1, 0.15) is 35.7 Å². The highest BCUT2D eigenvalue weighted by Gasteiger charge is 2.30. The van der Waals surface area contributed by atoms with Gasteiger partial charge in [-0.2, -0.15) is 0 Å². The van der Waals surface area contributed by atoms with Crippen molar-refractivity contribution in [3.05, 3.63) is 29.3 Å². The molecule has 0 spiro atoms. The van der Waals surface area contributed by atoms with Crippen molar-refractivity contribution >= 4 is 21.6 Å². The highest BCUT2D eigenvalue weighted by Crippen LogP contribution is 2.28. The Kier molecular flexibility index (Phi) is 5.34. The van der Waals surface area contributed by atoms with Gasteiger partial charge in [0.2, 0.25) is 10.0 Å². The SMILES string of the molecule is CCN(CC1CCOC1)C(=O)c1ccc(N2CCCS2(=O)=O)c(C)c1. The maximum absolute atomic E-state index is 12.8. The van der Waals surface area contributed by atoms with E-state index in [4.69, 9.17) is 4.74 Å². The minimum atomic E-state index is -3.21. The van der Waals surface area contributed by atoms with Crippen LogP contribution in [0.2, 0.25) is 0 Å². The Labute approximate surface area is 149 Å². The summed E-state index contributed by atoms with van der Waals surface area (Å²) in [5, 5.41) is 0. The van der Waals surface area contributed by atoms with Crippen LogP contribution >= 0.6 is 0 Å². The fraction of sp³-hybridized carbons (Fsp3) is 0.611. The van der Waals surface area contributed by atoms with Gasteiger partial charge in [0.15, 0.2) is 0 Å². The third kappa shape index (κ3) is 3.82. The van der Waals surface area contributed by atoms with Crippen LogP contribution in [0.4, 0.5) is 5.69 Å². The normalized spacial score (nSPS) is 22.3. The topological polar surface area (TPSA) is 66.9 Å². The van der Waals surface area contributed by atoms with Gasteiger partial charge in [-0.3, -0.25) is 9.10 Å². The molecule has 3 rings (SSSR count). The lowest BCUT2D eigenvalue weighted by Gasteiger charge is -2.25. The molecule has 0 saturated carbocycles. The molecule has 7 heteroatoms. The predicted molar refractivity (Wildman–Crippen MR) is 97.4 cm³/mol. The second-order valence-electron chi connectivity index (χ2n) is 6.82. The standard InChI is InChI=1S/C18H26N2O4S/c1-3-19(12-15-7-9-24-13-15)18(21)16-5-6-17(14(2)11-16)20-8-4-10-25(20,22)23/h5-6,11,15H,3-4,7-10,12-13H2,1-2H3. The first-order valence-corrected chi connectivity index (χ1v) is 10.5. The minimum absolute atomic E-state index is 0.00618. The maximum atomic E-state index is 12.8. The second-order valence-corrected chi connectivity index (χ2v) is 8.83. The summed E-state index contributed by atoms with van der Waals surface area (Å²) < 4.78 is 31.1. The van der Waals surface area contributed by atoms with Gasteiger partial charge in [-0.05, 0) is 50.5 Å². The highest BCUT2D eigenvalue weighted by atomic mass is 32.2. The number of carbonyl (C=O) groups excluding carboxylic acids is 1. The lowest BCUT2D eigenvalue weighted by Crippen LogP contribution is -2.35. The lowest BCUT2D eigenvalue weighted by molar-refractivity contribution is 0.0730. The summed E-state index contributed by atoms with van der Waals surface area (Å²) in [6.07, 6.45) is 1.64. The highest BCUT2D eigenvalue weighted by molar-refractivity contribution is 7.93. The molecular weight excluding hydrogens is 340 g/mol. The molecule has 2 aliphatic heterocycles. The van der Waals surface area contributed by atoms with Crippen LogP contribution in [0.5, 0.6) is 0 Å². The molecule has 2 fully saturated rings. The van der Waals surface area contributed by atoms with Crippen molar-refractivity contribution in [2.24, 2.45) is 5.92 Å².